The Balaban J connectivity index is 0.00000280. The molecule has 2 fully saturated rings. The van der Waals surface area contributed by atoms with Gasteiger partial charge in [-0.05, 0) is 31.9 Å². The van der Waals surface area contributed by atoms with E-state index < -0.39 is 0 Å². The fourth-order valence-electron chi connectivity index (χ4n) is 3.31. The van der Waals surface area contributed by atoms with E-state index in [4.69, 9.17) is 0 Å². The van der Waals surface area contributed by atoms with Crippen LogP contribution in [-0.4, -0.2) is 73.6 Å². The van der Waals surface area contributed by atoms with Crippen molar-refractivity contribution in [2.24, 2.45) is 4.99 Å². The molecule has 28 heavy (non-hydrogen) atoms. The number of piperidine rings is 1. The van der Waals surface area contributed by atoms with Gasteiger partial charge in [0.15, 0.2) is 5.96 Å². The van der Waals surface area contributed by atoms with Crippen molar-refractivity contribution in [2.45, 2.75) is 25.8 Å². The van der Waals surface area contributed by atoms with Crippen LogP contribution in [0, 0.1) is 6.92 Å². The zero-order valence-electron chi connectivity index (χ0n) is 16.3. The van der Waals surface area contributed by atoms with Crippen LogP contribution in [0.1, 0.15) is 18.5 Å². The molecule has 2 aliphatic rings. The predicted octanol–water partition coefficient (Wildman–Crippen LogP) is 0.694. The van der Waals surface area contributed by atoms with Crippen molar-refractivity contribution in [1.29, 1.82) is 0 Å². The standard InChI is InChI=1S/C18H27N7O2.HI/c1-13-4-3-5-15(22-13)24-9-6-14(7-10-24)23-17(19-2)20-8-11-25-16(26)12-21-18(25)27;/h3-5,14H,6-12H2,1-2H3,(H,21,27)(H2,19,20,23);1H. The average Bonchev–Trinajstić information content (AvgIpc) is 2.99. The maximum atomic E-state index is 11.6. The van der Waals surface area contributed by atoms with Crippen LogP contribution >= 0.6 is 24.0 Å². The van der Waals surface area contributed by atoms with Gasteiger partial charge in [0.1, 0.15) is 5.82 Å². The number of nitrogens with one attached hydrogen (secondary N) is 3. The van der Waals surface area contributed by atoms with Crippen molar-refractivity contribution in [3.8, 4) is 0 Å². The van der Waals surface area contributed by atoms with Gasteiger partial charge in [-0.3, -0.25) is 14.7 Å². The first-order valence-corrected chi connectivity index (χ1v) is 9.31. The van der Waals surface area contributed by atoms with Crippen LogP contribution in [0.4, 0.5) is 10.6 Å². The van der Waals surface area contributed by atoms with Gasteiger partial charge >= 0.3 is 6.03 Å². The fourth-order valence-corrected chi connectivity index (χ4v) is 3.31. The number of carbonyl (C=O) groups is 2. The van der Waals surface area contributed by atoms with Crippen molar-refractivity contribution in [2.75, 3.05) is 44.7 Å². The van der Waals surface area contributed by atoms with E-state index in [9.17, 15) is 9.59 Å². The van der Waals surface area contributed by atoms with Gasteiger partial charge in [-0.25, -0.2) is 9.78 Å². The van der Waals surface area contributed by atoms with Crippen LogP contribution in [0.25, 0.3) is 0 Å². The second-order valence-corrected chi connectivity index (χ2v) is 6.75. The number of hydrogen-bond donors (Lipinski definition) is 3. The maximum Gasteiger partial charge on any atom is 0.324 e. The van der Waals surface area contributed by atoms with Crippen molar-refractivity contribution in [3.05, 3.63) is 23.9 Å². The molecular formula is C18H28IN7O2. The lowest BCUT2D eigenvalue weighted by atomic mass is 10.1. The zero-order chi connectivity index (χ0) is 19.2. The predicted molar refractivity (Wildman–Crippen MR) is 119 cm³/mol. The number of anilines is 1. The number of nitrogens with zero attached hydrogens (tertiary/aromatic N) is 4. The maximum absolute atomic E-state index is 11.6. The van der Waals surface area contributed by atoms with Gasteiger partial charge in [0.05, 0.1) is 6.54 Å². The van der Waals surface area contributed by atoms with Crippen LogP contribution in [0.15, 0.2) is 23.2 Å². The molecule has 0 saturated carbocycles. The Morgan fingerprint density at radius 3 is 2.68 bits per heavy atom. The normalized spacial score (nSPS) is 18.0. The minimum Gasteiger partial charge on any atom is -0.356 e. The summed E-state index contributed by atoms with van der Waals surface area (Å²) in [5, 5.41) is 9.11. The number of aryl methyl sites for hydroxylation is 1. The molecule has 0 bridgehead atoms. The largest absolute Gasteiger partial charge is 0.356 e. The third-order valence-corrected chi connectivity index (χ3v) is 4.82. The lowest BCUT2D eigenvalue weighted by Gasteiger charge is -2.34. The number of rotatable bonds is 5. The molecule has 3 N–H and O–H groups in total. The second-order valence-electron chi connectivity index (χ2n) is 6.75. The second kappa shape index (κ2) is 10.4. The summed E-state index contributed by atoms with van der Waals surface area (Å²) >= 11 is 0. The van der Waals surface area contributed by atoms with Crippen LogP contribution in [-0.2, 0) is 4.79 Å². The Morgan fingerprint density at radius 1 is 1.32 bits per heavy atom. The quantitative estimate of drug-likeness (QED) is 0.238. The summed E-state index contributed by atoms with van der Waals surface area (Å²) in [6.45, 7) is 4.75. The van der Waals surface area contributed by atoms with Gasteiger partial charge < -0.3 is 20.9 Å². The number of aromatic nitrogens is 1. The van der Waals surface area contributed by atoms with E-state index in [1.165, 1.54) is 4.90 Å². The highest BCUT2D eigenvalue weighted by Crippen LogP contribution is 2.18. The minimum atomic E-state index is -0.332. The Bertz CT molecular complexity index is 704. The summed E-state index contributed by atoms with van der Waals surface area (Å²) in [6, 6.07) is 6.10. The molecule has 3 amide bonds. The summed E-state index contributed by atoms with van der Waals surface area (Å²) in [5.41, 5.74) is 1.03. The molecule has 0 aliphatic carbocycles. The number of hydrogen-bond acceptors (Lipinski definition) is 5. The fraction of sp³-hybridized carbons (Fsp3) is 0.556. The van der Waals surface area contributed by atoms with E-state index in [0.717, 1.165) is 37.4 Å². The number of imide groups is 1. The summed E-state index contributed by atoms with van der Waals surface area (Å²) in [7, 11) is 1.72. The molecule has 0 atom stereocenters. The van der Waals surface area contributed by atoms with Crippen LogP contribution < -0.4 is 20.9 Å². The number of urea groups is 1. The Kier molecular flexibility index (Phi) is 8.27. The van der Waals surface area contributed by atoms with Crippen LogP contribution in [0.3, 0.4) is 0 Å². The lowest BCUT2D eigenvalue weighted by Crippen LogP contribution is -2.50. The molecule has 1 aromatic rings. The number of amides is 3. The molecule has 154 valence electrons. The minimum absolute atomic E-state index is 0. The van der Waals surface area contributed by atoms with Crippen molar-refractivity contribution in [3.63, 3.8) is 0 Å². The third-order valence-electron chi connectivity index (χ3n) is 4.82. The molecule has 0 aromatic carbocycles. The first-order chi connectivity index (χ1) is 13.1. The summed E-state index contributed by atoms with van der Waals surface area (Å²) in [4.78, 5) is 35.5. The number of pyridine rings is 1. The van der Waals surface area contributed by atoms with Gasteiger partial charge in [0, 0.05) is 45.0 Å². The van der Waals surface area contributed by atoms with Crippen molar-refractivity contribution < 1.29 is 9.59 Å². The molecule has 3 heterocycles. The van der Waals surface area contributed by atoms with Gasteiger partial charge in [-0.15, -0.1) is 24.0 Å². The lowest BCUT2D eigenvalue weighted by molar-refractivity contribution is -0.124. The molecular weight excluding hydrogens is 473 g/mol. The van der Waals surface area contributed by atoms with Gasteiger partial charge in [0.25, 0.3) is 0 Å². The number of guanidine groups is 1. The number of carbonyl (C=O) groups excluding carboxylic acids is 2. The molecule has 10 heteroatoms. The topological polar surface area (TPSA) is 102 Å². The highest BCUT2D eigenvalue weighted by atomic mass is 127. The van der Waals surface area contributed by atoms with E-state index in [1.54, 1.807) is 7.05 Å². The number of aliphatic imine (C=N–C) groups is 1. The van der Waals surface area contributed by atoms with Gasteiger partial charge in [0.2, 0.25) is 5.91 Å². The summed E-state index contributed by atoms with van der Waals surface area (Å²) in [6.07, 6.45) is 1.98. The van der Waals surface area contributed by atoms with E-state index in [0.29, 0.717) is 25.1 Å². The highest BCUT2D eigenvalue weighted by Gasteiger charge is 2.27. The first kappa shape index (κ1) is 22.2. The molecule has 3 rings (SSSR count). The molecule has 9 nitrogen and oxygen atoms in total. The zero-order valence-corrected chi connectivity index (χ0v) is 18.6. The Morgan fingerprint density at radius 2 is 2.07 bits per heavy atom. The Hall–Kier alpha value is -2.11. The van der Waals surface area contributed by atoms with Crippen LogP contribution in [0.2, 0.25) is 0 Å². The van der Waals surface area contributed by atoms with Gasteiger partial charge in [-0.1, -0.05) is 6.07 Å². The molecule has 2 aliphatic heterocycles. The van der Waals surface area contributed by atoms with Gasteiger partial charge in [-0.2, -0.15) is 0 Å². The van der Waals surface area contributed by atoms with E-state index >= 15 is 0 Å². The number of halogens is 1. The van der Waals surface area contributed by atoms with E-state index in [2.05, 4.69) is 36.9 Å². The summed E-state index contributed by atoms with van der Waals surface area (Å²) < 4.78 is 0. The monoisotopic (exact) mass is 501 g/mol. The average molecular weight is 501 g/mol. The van der Waals surface area contributed by atoms with E-state index in [-0.39, 0.29) is 42.5 Å². The highest BCUT2D eigenvalue weighted by molar-refractivity contribution is 14.0. The first-order valence-electron chi connectivity index (χ1n) is 9.31. The molecule has 0 spiro atoms. The summed E-state index contributed by atoms with van der Waals surface area (Å²) in [5.74, 6) is 1.53. The molecule has 0 unspecified atom stereocenters. The smallest absolute Gasteiger partial charge is 0.324 e. The molecule has 2 saturated heterocycles. The van der Waals surface area contributed by atoms with E-state index in [1.807, 2.05) is 19.1 Å². The Labute approximate surface area is 182 Å². The van der Waals surface area contributed by atoms with Crippen LogP contribution in [0.5, 0.6) is 0 Å². The SMILES string of the molecule is CN=C(NCCN1C(=O)CNC1=O)NC1CCN(c2cccc(C)n2)CC1.I. The molecule has 1 aromatic heterocycles. The third kappa shape index (κ3) is 5.69. The molecule has 0 radical (unpaired) electrons. The van der Waals surface area contributed by atoms with Crippen molar-refractivity contribution >= 4 is 47.7 Å². The van der Waals surface area contributed by atoms with Crippen molar-refractivity contribution in [1.82, 2.24) is 25.8 Å².